The van der Waals surface area contributed by atoms with Crippen LogP contribution in [0.5, 0.6) is 0 Å². The molecule has 1 N–H and O–H groups in total. The van der Waals surface area contributed by atoms with E-state index in [0.29, 0.717) is 6.04 Å². The third-order valence-electron chi connectivity index (χ3n) is 1.57. The van der Waals surface area contributed by atoms with Crippen molar-refractivity contribution in [3.05, 3.63) is 0 Å². The van der Waals surface area contributed by atoms with E-state index in [0.717, 1.165) is 26.2 Å². The lowest BCUT2D eigenvalue weighted by atomic mass is 10.2. The van der Waals surface area contributed by atoms with E-state index < -0.39 is 0 Å². The summed E-state index contributed by atoms with van der Waals surface area (Å²) in [5.41, 5.74) is 0. The van der Waals surface area contributed by atoms with Gasteiger partial charge in [-0.2, -0.15) is 0 Å². The van der Waals surface area contributed by atoms with Crippen molar-refractivity contribution in [1.82, 2.24) is 8.43 Å². The van der Waals surface area contributed by atoms with E-state index in [4.69, 9.17) is 4.74 Å². The Labute approximate surface area is 75.6 Å². The third-order valence-corrected chi connectivity index (χ3v) is 2.45. The van der Waals surface area contributed by atoms with Gasteiger partial charge in [0.1, 0.15) is 0 Å². The van der Waals surface area contributed by atoms with Gasteiger partial charge in [-0.25, -0.2) is 3.11 Å². The summed E-state index contributed by atoms with van der Waals surface area (Å²) in [5.74, 6) is 0. The fourth-order valence-corrected chi connectivity index (χ4v) is 1.81. The molecule has 0 aliphatic carbocycles. The molecule has 0 saturated carbocycles. The van der Waals surface area contributed by atoms with Gasteiger partial charge in [-0.3, -0.25) is 0 Å². The number of ether oxygens (including phenoxy) is 1. The van der Waals surface area contributed by atoms with Gasteiger partial charge in [0.05, 0.1) is 6.61 Å². The van der Waals surface area contributed by atoms with Crippen molar-refractivity contribution < 1.29 is 4.74 Å². The van der Waals surface area contributed by atoms with Crippen LogP contribution in [0.1, 0.15) is 0 Å². The van der Waals surface area contributed by atoms with E-state index in [1.807, 2.05) is 0 Å². The number of piperazine rings is 1. The van der Waals surface area contributed by atoms with Crippen LogP contribution in [0.15, 0.2) is 0 Å². The Kier molecular flexibility index (Phi) is 3.90. The Hall–Kier alpha value is 0.610. The number of methoxy groups -OCH3 is 1. The third kappa shape index (κ3) is 2.69. The molecule has 0 aromatic rings. The molecular weight excluding hydrogens is 243 g/mol. The molecule has 1 rings (SSSR count). The molecule has 0 radical (unpaired) electrons. The van der Waals surface area contributed by atoms with Gasteiger partial charge in [0.2, 0.25) is 0 Å². The predicted octanol–water partition coefficient (Wildman–Crippen LogP) is 0.257. The molecule has 1 atom stereocenters. The number of nitrogens with zero attached hydrogens (tertiary/aromatic N) is 1. The molecule has 10 heavy (non-hydrogen) atoms. The molecule has 1 fully saturated rings. The highest BCUT2D eigenvalue weighted by molar-refractivity contribution is 14.1. The highest BCUT2D eigenvalue weighted by atomic mass is 127. The van der Waals surface area contributed by atoms with E-state index in [2.05, 4.69) is 31.3 Å². The molecule has 1 aliphatic rings. The maximum Gasteiger partial charge on any atom is 0.0628 e. The summed E-state index contributed by atoms with van der Waals surface area (Å²) >= 11 is 2.35. The molecule has 0 aromatic carbocycles. The number of hydrogen-bond donors (Lipinski definition) is 1. The second-order valence-electron chi connectivity index (χ2n) is 2.48. The minimum atomic E-state index is 0.524. The fraction of sp³-hybridized carbons (Fsp3) is 1.00. The molecule has 4 heteroatoms. The highest BCUT2D eigenvalue weighted by Gasteiger charge is 2.16. The van der Waals surface area contributed by atoms with Gasteiger partial charge < -0.3 is 10.1 Å². The second kappa shape index (κ2) is 4.48. The molecule has 0 amide bonds. The molecule has 1 saturated heterocycles. The minimum Gasteiger partial charge on any atom is -0.383 e. The molecule has 0 spiro atoms. The van der Waals surface area contributed by atoms with Gasteiger partial charge in [0, 0.05) is 55.7 Å². The largest absolute Gasteiger partial charge is 0.383 e. The maximum absolute atomic E-state index is 5.04. The zero-order valence-corrected chi connectivity index (χ0v) is 8.30. The van der Waals surface area contributed by atoms with Crippen molar-refractivity contribution in [2.24, 2.45) is 0 Å². The summed E-state index contributed by atoms with van der Waals surface area (Å²) in [6.07, 6.45) is 0. The van der Waals surface area contributed by atoms with Crippen molar-refractivity contribution in [3.63, 3.8) is 0 Å². The van der Waals surface area contributed by atoms with E-state index in [9.17, 15) is 0 Å². The molecule has 1 unspecified atom stereocenters. The maximum atomic E-state index is 5.04. The smallest absolute Gasteiger partial charge is 0.0628 e. The summed E-state index contributed by atoms with van der Waals surface area (Å²) in [4.78, 5) is 0. The topological polar surface area (TPSA) is 24.5 Å². The lowest BCUT2D eigenvalue weighted by Crippen LogP contribution is -2.48. The number of hydrogen-bond acceptors (Lipinski definition) is 3. The van der Waals surface area contributed by atoms with Gasteiger partial charge in [-0.05, 0) is 0 Å². The molecule has 1 heterocycles. The monoisotopic (exact) mass is 256 g/mol. The highest BCUT2D eigenvalue weighted by Crippen LogP contribution is 2.04. The zero-order chi connectivity index (χ0) is 7.40. The summed E-state index contributed by atoms with van der Waals surface area (Å²) < 4.78 is 7.33. The first-order chi connectivity index (χ1) is 4.83. The first kappa shape index (κ1) is 8.70. The number of nitrogens with one attached hydrogen (secondary N) is 1. The SMILES string of the molecule is COCC1CN(I)CCN1. The van der Waals surface area contributed by atoms with Gasteiger partial charge in [-0.15, -0.1) is 0 Å². The van der Waals surface area contributed by atoms with Crippen molar-refractivity contribution in [3.8, 4) is 0 Å². The van der Waals surface area contributed by atoms with Crippen LogP contribution < -0.4 is 5.32 Å². The molecular formula is C6H13IN2O. The Balaban J connectivity index is 2.18. The normalized spacial score (nSPS) is 28.8. The van der Waals surface area contributed by atoms with E-state index in [-0.39, 0.29) is 0 Å². The molecule has 60 valence electrons. The van der Waals surface area contributed by atoms with Crippen LogP contribution in [0, 0.1) is 0 Å². The van der Waals surface area contributed by atoms with Crippen LogP contribution in [0.4, 0.5) is 0 Å². The van der Waals surface area contributed by atoms with Crippen molar-refractivity contribution in [2.45, 2.75) is 6.04 Å². The Morgan fingerprint density at radius 2 is 2.60 bits per heavy atom. The molecule has 0 bridgehead atoms. The molecule has 0 aromatic heterocycles. The first-order valence-electron chi connectivity index (χ1n) is 3.46. The van der Waals surface area contributed by atoms with Crippen LogP contribution in [-0.2, 0) is 4.74 Å². The quantitative estimate of drug-likeness (QED) is 0.566. The lowest BCUT2D eigenvalue weighted by Gasteiger charge is -2.28. The van der Waals surface area contributed by atoms with Crippen molar-refractivity contribution >= 4 is 22.9 Å². The van der Waals surface area contributed by atoms with E-state index >= 15 is 0 Å². The van der Waals surface area contributed by atoms with E-state index in [1.165, 1.54) is 0 Å². The molecule has 3 nitrogen and oxygen atoms in total. The summed E-state index contributed by atoms with van der Waals surface area (Å²) in [6, 6.07) is 0.524. The average molecular weight is 256 g/mol. The zero-order valence-electron chi connectivity index (χ0n) is 6.14. The van der Waals surface area contributed by atoms with Gasteiger partial charge in [0.25, 0.3) is 0 Å². The first-order valence-corrected chi connectivity index (χ1v) is 4.42. The van der Waals surface area contributed by atoms with Gasteiger partial charge >= 0.3 is 0 Å². The standard InChI is InChI=1S/C6H13IN2O/c1-10-5-6-4-9(7)3-2-8-6/h6,8H,2-5H2,1H3. The van der Waals surface area contributed by atoms with Crippen molar-refractivity contribution in [2.75, 3.05) is 33.4 Å². The minimum absolute atomic E-state index is 0.524. The van der Waals surface area contributed by atoms with Crippen molar-refractivity contribution in [1.29, 1.82) is 0 Å². The molecule has 1 aliphatic heterocycles. The summed E-state index contributed by atoms with van der Waals surface area (Å²) in [5, 5.41) is 3.38. The van der Waals surface area contributed by atoms with Crippen LogP contribution in [-0.4, -0.2) is 42.5 Å². The summed E-state index contributed by atoms with van der Waals surface area (Å²) in [7, 11) is 1.74. The van der Waals surface area contributed by atoms with Crippen LogP contribution in [0.3, 0.4) is 0 Å². The number of halogens is 1. The second-order valence-corrected chi connectivity index (χ2v) is 3.84. The summed E-state index contributed by atoms with van der Waals surface area (Å²) in [6.45, 7) is 4.13. The number of rotatable bonds is 2. The fourth-order valence-electron chi connectivity index (χ4n) is 1.10. The van der Waals surface area contributed by atoms with Crippen LogP contribution in [0.2, 0.25) is 0 Å². The Morgan fingerprint density at radius 3 is 3.20 bits per heavy atom. The van der Waals surface area contributed by atoms with Gasteiger partial charge in [0.15, 0.2) is 0 Å². The van der Waals surface area contributed by atoms with Gasteiger partial charge in [-0.1, -0.05) is 0 Å². The van der Waals surface area contributed by atoms with Crippen LogP contribution in [0.25, 0.3) is 0 Å². The van der Waals surface area contributed by atoms with Crippen LogP contribution >= 0.6 is 22.9 Å². The average Bonchev–Trinajstić information content (AvgIpc) is 1.88. The van der Waals surface area contributed by atoms with E-state index in [1.54, 1.807) is 7.11 Å². The lowest BCUT2D eigenvalue weighted by molar-refractivity contribution is 0.148. The Bertz CT molecular complexity index is 99.7. The Morgan fingerprint density at radius 1 is 1.80 bits per heavy atom. The predicted molar refractivity (Wildman–Crippen MR) is 49.3 cm³/mol.